The van der Waals surface area contributed by atoms with E-state index < -0.39 is 4.92 Å². The van der Waals surface area contributed by atoms with Crippen LogP contribution in [-0.2, 0) is 0 Å². The van der Waals surface area contributed by atoms with Gasteiger partial charge in [0.15, 0.2) is 0 Å². The minimum atomic E-state index is -0.439. The van der Waals surface area contributed by atoms with Gasteiger partial charge < -0.3 is 4.42 Å². The van der Waals surface area contributed by atoms with E-state index in [-0.39, 0.29) is 10.9 Å². The molecule has 0 aliphatic carbocycles. The molecule has 3 aromatic rings. The van der Waals surface area contributed by atoms with Crippen LogP contribution in [0, 0.1) is 24.0 Å². The fourth-order valence-electron chi connectivity index (χ4n) is 2.41. The number of nitro benzene ring substituents is 1. The number of nitrogens with zero attached hydrogens (tertiary/aromatic N) is 3. The van der Waals surface area contributed by atoms with Crippen LogP contribution >= 0.6 is 11.8 Å². The molecule has 0 saturated carbocycles. The number of thioether (sulfide) groups is 1. The lowest BCUT2D eigenvalue weighted by atomic mass is 10.2. The average Bonchev–Trinajstić information content (AvgIpc) is 3.07. The third kappa shape index (κ3) is 3.88. The standard InChI is InChI=1S/C18H17N3O3S/c1-11-4-9-16(12(2)10-11)25-13(3)17-19-20-18(24-17)14-5-7-15(8-6-14)21(22)23/h4-10,13H,1-3H3/t13-/m1/s1. The highest BCUT2D eigenvalue weighted by Gasteiger charge is 2.17. The Labute approximate surface area is 149 Å². The van der Waals surface area contributed by atoms with Crippen molar-refractivity contribution in [2.75, 3.05) is 0 Å². The second-order valence-electron chi connectivity index (χ2n) is 5.78. The Morgan fingerprint density at radius 3 is 2.48 bits per heavy atom. The number of non-ortho nitro benzene ring substituents is 1. The molecule has 0 N–H and O–H groups in total. The van der Waals surface area contributed by atoms with Gasteiger partial charge in [-0.25, -0.2) is 0 Å². The van der Waals surface area contributed by atoms with Gasteiger partial charge in [-0.1, -0.05) is 17.7 Å². The first kappa shape index (κ1) is 17.2. The van der Waals surface area contributed by atoms with Gasteiger partial charge in [0.25, 0.3) is 5.69 Å². The van der Waals surface area contributed by atoms with Crippen molar-refractivity contribution in [1.29, 1.82) is 0 Å². The average molecular weight is 355 g/mol. The molecule has 2 aromatic carbocycles. The third-order valence-electron chi connectivity index (χ3n) is 3.75. The van der Waals surface area contributed by atoms with Gasteiger partial charge in [0.05, 0.1) is 10.2 Å². The fourth-order valence-corrected chi connectivity index (χ4v) is 3.38. The van der Waals surface area contributed by atoms with Gasteiger partial charge in [-0.3, -0.25) is 10.1 Å². The molecule has 0 aliphatic rings. The zero-order valence-corrected chi connectivity index (χ0v) is 14.9. The molecule has 128 valence electrons. The Bertz CT molecular complexity index is 906. The largest absolute Gasteiger partial charge is 0.419 e. The molecule has 7 heteroatoms. The van der Waals surface area contributed by atoms with Crippen LogP contribution < -0.4 is 0 Å². The lowest BCUT2D eigenvalue weighted by Crippen LogP contribution is -1.90. The second-order valence-corrected chi connectivity index (χ2v) is 7.16. The number of hydrogen-bond donors (Lipinski definition) is 0. The summed E-state index contributed by atoms with van der Waals surface area (Å²) >= 11 is 1.66. The Morgan fingerprint density at radius 2 is 1.84 bits per heavy atom. The van der Waals surface area contributed by atoms with Gasteiger partial charge >= 0.3 is 0 Å². The highest BCUT2D eigenvalue weighted by Crippen LogP contribution is 2.37. The van der Waals surface area contributed by atoms with Crippen molar-refractivity contribution in [3.05, 3.63) is 69.6 Å². The summed E-state index contributed by atoms with van der Waals surface area (Å²) in [6.07, 6.45) is 0. The summed E-state index contributed by atoms with van der Waals surface area (Å²) in [5, 5.41) is 18.9. The van der Waals surface area contributed by atoms with Gasteiger partial charge in [-0.15, -0.1) is 22.0 Å². The van der Waals surface area contributed by atoms with E-state index in [1.807, 2.05) is 6.92 Å². The molecule has 3 rings (SSSR count). The highest BCUT2D eigenvalue weighted by molar-refractivity contribution is 7.99. The SMILES string of the molecule is Cc1ccc(S[C@H](C)c2nnc(-c3ccc([N+](=O)[O-])cc3)o2)c(C)c1. The van der Waals surface area contributed by atoms with Gasteiger partial charge in [-0.05, 0) is 44.5 Å². The van der Waals surface area contributed by atoms with E-state index in [9.17, 15) is 10.1 Å². The van der Waals surface area contributed by atoms with Crippen LogP contribution in [0.4, 0.5) is 5.69 Å². The van der Waals surface area contributed by atoms with E-state index >= 15 is 0 Å². The number of aryl methyl sites for hydroxylation is 2. The molecule has 0 radical (unpaired) electrons. The van der Waals surface area contributed by atoms with Crippen molar-refractivity contribution in [2.24, 2.45) is 0 Å². The molecule has 0 spiro atoms. The molecule has 0 saturated heterocycles. The van der Waals surface area contributed by atoms with Crippen LogP contribution in [0.15, 0.2) is 51.8 Å². The highest BCUT2D eigenvalue weighted by atomic mass is 32.2. The van der Waals surface area contributed by atoms with Crippen molar-refractivity contribution >= 4 is 17.4 Å². The summed E-state index contributed by atoms with van der Waals surface area (Å²) in [4.78, 5) is 11.5. The molecular weight excluding hydrogens is 338 g/mol. The maximum atomic E-state index is 10.7. The zero-order valence-electron chi connectivity index (χ0n) is 14.1. The van der Waals surface area contributed by atoms with E-state index in [0.717, 1.165) is 0 Å². The first-order valence-corrected chi connectivity index (χ1v) is 8.64. The van der Waals surface area contributed by atoms with Crippen LogP contribution in [0.3, 0.4) is 0 Å². The smallest absolute Gasteiger partial charge is 0.269 e. The summed E-state index contributed by atoms with van der Waals surface area (Å²) in [5.74, 6) is 0.885. The van der Waals surface area contributed by atoms with E-state index in [1.165, 1.54) is 28.2 Å². The van der Waals surface area contributed by atoms with Crippen LogP contribution in [0.5, 0.6) is 0 Å². The van der Waals surface area contributed by atoms with Crippen LogP contribution in [0.25, 0.3) is 11.5 Å². The lowest BCUT2D eigenvalue weighted by Gasteiger charge is -2.10. The molecule has 25 heavy (non-hydrogen) atoms. The zero-order chi connectivity index (χ0) is 18.0. The van der Waals surface area contributed by atoms with Crippen LogP contribution in [0.2, 0.25) is 0 Å². The van der Waals surface area contributed by atoms with Crippen molar-refractivity contribution in [1.82, 2.24) is 10.2 Å². The van der Waals surface area contributed by atoms with Crippen molar-refractivity contribution in [2.45, 2.75) is 30.9 Å². The van der Waals surface area contributed by atoms with Gasteiger partial charge in [0, 0.05) is 22.6 Å². The fraction of sp³-hybridized carbons (Fsp3) is 0.222. The Kier molecular flexibility index (Phi) is 4.85. The third-order valence-corrected chi connectivity index (χ3v) is 5.01. The topological polar surface area (TPSA) is 82.1 Å². The molecular formula is C18H17N3O3S. The predicted molar refractivity (Wildman–Crippen MR) is 96.6 cm³/mol. The maximum absolute atomic E-state index is 10.7. The molecule has 6 nitrogen and oxygen atoms in total. The van der Waals surface area contributed by atoms with Gasteiger partial charge in [0.2, 0.25) is 11.8 Å². The van der Waals surface area contributed by atoms with Crippen molar-refractivity contribution in [3.63, 3.8) is 0 Å². The van der Waals surface area contributed by atoms with Crippen LogP contribution in [-0.4, -0.2) is 15.1 Å². The number of hydrogen-bond acceptors (Lipinski definition) is 6. The summed E-state index contributed by atoms with van der Waals surface area (Å²) < 4.78 is 5.75. The predicted octanol–water partition coefficient (Wildman–Crippen LogP) is 5.11. The summed E-state index contributed by atoms with van der Waals surface area (Å²) in [6, 6.07) is 12.4. The monoisotopic (exact) mass is 355 g/mol. The molecule has 0 bridgehead atoms. The summed E-state index contributed by atoms with van der Waals surface area (Å²) in [5.41, 5.74) is 3.13. The summed E-state index contributed by atoms with van der Waals surface area (Å²) in [6.45, 7) is 6.16. The maximum Gasteiger partial charge on any atom is 0.269 e. The molecule has 1 atom stereocenters. The number of nitro groups is 1. The Hall–Kier alpha value is -2.67. The van der Waals surface area contributed by atoms with E-state index in [4.69, 9.17) is 4.42 Å². The molecule has 0 amide bonds. The van der Waals surface area contributed by atoms with Gasteiger partial charge in [-0.2, -0.15) is 0 Å². The first-order chi connectivity index (χ1) is 11.9. The van der Waals surface area contributed by atoms with E-state index in [0.29, 0.717) is 17.3 Å². The van der Waals surface area contributed by atoms with E-state index in [1.54, 1.807) is 23.9 Å². The quantitative estimate of drug-likeness (QED) is 0.359. The molecule has 1 aromatic heterocycles. The molecule has 0 unspecified atom stereocenters. The number of rotatable bonds is 5. The Morgan fingerprint density at radius 1 is 1.12 bits per heavy atom. The molecule has 1 heterocycles. The lowest BCUT2D eigenvalue weighted by molar-refractivity contribution is -0.384. The van der Waals surface area contributed by atoms with E-state index in [2.05, 4.69) is 42.2 Å². The second kappa shape index (κ2) is 7.06. The van der Waals surface area contributed by atoms with Gasteiger partial charge in [0.1, 0.15) is 0 Å². The summed E-state index contributed by atoms with van der Waals surface area (Å²) in [7, 11) is 0. The van der Waals surface area contributed by atoms with Crippen molar-refractivity contribution < 1.29 is 9.34 Å². The Balaban J connectivity index is 1.77. The molecule has 0 fully saturated rings. The number of aromatic nitrogens is 2. The minimum absolute atomic E-state index is 0.000652. The van der Waals surface area contributed by atoms with Crippen LogP contribution in [0.1, 0.15) is 29.2 Å². The normalized spacial score (nSPS) is 12.1. The molecule has 0 aliphatic heterocycles. The number of benzene rings is 2. The first-order valence-electron chi connectivity index (χ1n) is 7.76. The van der Waals surface area contributed by atoms with Crippen molar-refractivity contribution in [3.8, 4) is 11.5 Å². The minimum Gasteiger partial charge on any atom is -0.419 e.